The van der Waals surface area contributed by atoms with E-state index in [1.807, 2.05) is 0 Å². The van der Waals surface area contributed by atoms with E-state index in [0.29, 0.717) is 16.0 Å². The molecule has 0 spiro atoms. The Balaban J connectivity index is 2.13. The highest BCUT2D eigenvalue weighted by Crippen LogP contribution is 2.26. The summed E-state index contributed by atoms with van der Waals surface area (Å²) in [5, 5.41) is 11.8. The molecule has 0 bridgehead atoms. The van der Waals surface area contributed by atoms with E-state index in [2.05, 4.69) is 5.32 Å². The molecule has 9 heteroatoms. The number of hydrogen-bond acceptors (Lipinski definition) is 3. The van der Waals surface area contributed by atoms with E-state index >= 15 is 0 Å². The van der Waals surface area contributed by atoms with Crippen molar-refractivity contribution in [3.8, 4) is 0 Å². The van der Waals surface area contributed by atoms with E-state index in [0.717, 1.165) is 5.56 Å². The number of alkyl halides is 3. The summed E-state index contributed by atoms with van der Waals surface area (Å²) in [5.41, 5.74) is 1.93. The quantitative estimate of drug-likeness (QED) is 0.827. The molecule has 2 atom stereocenters. The van der Waals surface area contributed by atoms with Crippen molar-refractivity contribution in [3.63, 3.8) is 0 Å². The van der Waals surface area contributed by atoms with Crippen molar-refractivity contribution >= 4 is 17.8 Å². The zero-order valence-corrected chi connectivity index (χ0v) is 14.3. The molecule has 2 N–H and O–H groups in total. The Kier molecular flexibility index (Phi) is 5.58. The second kappa shape index (κ2) is 7.35. The molecule has 1 saturated heterocycles. The van der Waals surface area contributed by atoms with E-state index in [9.17, 15) is 32.7 Å². The highest BCUT2D eigenvalue weighted by atomic mass is 19.4. The Bertz CT molecular complexity index is 733. The maximum Gasteiger partial charge on any atom is 0.406 e. The van der Waals surface area contributed by atoms with Crippen LogP contribution in [0.4, 0.5) is 13.2 Å². The van der Waals surface area contributed by atoms with Gasteiger partial charge in [0, 0.05) is 13.0 Å². The molecule has 142 valence electrons. The molecule has 0 radical (unpaired) electrons. The third kappa shape index (κ3) is 4.53. The van der Waals surface area contributed by atoms with Gasteiger partial charge in [-0.3, -0.25) is 9.59 Å². The van der Waals surface area contributed by atoms with Crippen LogP contribution < -0.4 is 5.32 Å². The van der Waals surface area contributed by atoms with E-state index < -0.39 is 42.5 Å². The lowest BCUT2D eigenvalue weighted by Crippen LogP contribution is -2.40. The molecule has 0 aromatic heterocycles. The first-order chi connectivity index (χ1) is 12.0. The van der Waals surface area contributed by atoms with E-state index in [4.69, 9.17) is 0 Å². The number of aryl methyl sites for hydroxylation is 1. The van der Waals surface area contributed by atoms with Crippen molar-refractivity contribution in [1.82, 2.24) is 10.2 Å². The normalized spacial score (nSPS) is 18.7. The summed E-state index contributed by atoms with van der Waals surface area (Å²) >= 11 is 0. The fourth-order valence-corrected chi connectivity index (χ4v) is 2.94. The van der Waals surface area contributed by atoms with Crippen molar-refractivity contribution in [3.05, 3.63) is 34.9 Å². The molecule has 1 heterocycles. The van der Waals surface area contributed by atoms with E-state index in [1.165, 1.54) is 0 Å². The molecule has 1 aliphatic heterocycles. The monoisotopic (exact) mass is 372 g/mol. The topological polar surface area (TPSA) is 86.7 Å². The fourth-order valence-electron chi connectivity index (χ4n) is 2.94. The van der Waals surface area contributed by atoms with Crippen molar-refractivity contribution in [2.45, 2.75) is 32.5 Å². The highest BCUT2D eigenvalue weighted by Gasteiger charge is 2.41. The molecule has 1 aromatic rings. The molecular formula is C17H19F3N2O4. The molecule has 0 aliphatic carbocycles. The van der Waals surface area contributed by atoms with Gasteiger partial charge in [0.15, 0.2) is 6.04 Å². The number of carboxylic acid groups (broad SMARTS) is 1. The third-order valence-corrected chi connectivity index (χ3v) is 4.45. The predicted octanol–water partition coefficient (Wildman–Crippen LogP) is 1.96. The van der Waals surface area contributed by atoms with E-state index in [1.54, 1.807) is 32.0 Å². The Hall–Kier alpha value is -2.58. The number of aliphatic carboxylic acids is 1. The number of amides is 2. The van der Waals surface area contributed by atoms with Crippen LogP contribution in [0, 0.1) is 19.8 Å². The summed E-state index contributed by atoms with van der Waals surface area (Å²) in [7, 11) is 0. The summed E-state index contributed by atoms with van der Waals surface area (Å²) in [6.07, 6.45) is -4.93. The molecule has 2 amide bonds. The highest BCUT2D eigenvalue weighted by molar-refractivity contribution is 5.91. The van der Waals surface area contributed by atoms with Gasteiger partial charge in [-0.05, 0) is 30.5 Å². The second-order valence-electron chi connectivity index (χ2n) is 6.36. The minimum Gasteiger partial charge on any atom is -0.479 e. The summed E-state index contributed by atoms with van der Waals surface area (Å²) in [6, 6.07) is 3.68. The van der Waals surface area contributed by atoms with Gasteiger partial charge >= 0.3 is 12.1 Å². The Morgan fingerprint density at radius 3 is 2.58 bits per heavy atom. The lowest BCUT2D eigenvalue weighted by molar-refractivity contribution is -0.157. The van der Waals surface area contributed by atoms with Crippen LogP contribution in [0.1, 0.15) is 29.2 Å². The Morgan fingerprint density at radius 1 is 1.35 bits per heavy atom. The molecule has 0 saturated carbocycles. The number of carbonyl (C=O) groups is 3. The number of halogens is 3. The van der Waals surface area contributed by atoms with Crippen LogP contribution in [0.3, 0.4) is 0 Å². The zero-order chi connectivity index (χ0) is 19.6. The van der Waals surface area contributed by atoms with Gasteiger partial charge < -0.3 is 15.3 Å². The maximum absolute atomic E-state index is 12.5. The number of carbonyl (C=O) groups excluding carboxylic acids is 2. The van der Waals surface area contributed by atoms with E-state index in [-0.39, 0.29) is 13.0 Å². The van der Waals surface area contributed by atoms with Crippen LogP contribution in [-0.2, 0) is 14.4 Å². The number of benzene rings is 1. The number of likely N-dealkylation sites (tertiary alicyclic amines) is 1. The number of rotatable bonds is 5. The number of nitrogens with one attached hydrogen (secondary N) is 1. The van der Waals surface area contributed by atoms with Crippen LogP contribution in [0.25, 0.3) is 0 Å². The molecule has 6 nitrogen and oxygen atoms in total. The first kappa shape index (κ1) is 19.7. The second-order valence-corrected chi connectivity index (χ2v) is 6.36. The SMILES string of the molecule is Cc1cccc(C(NC(=O)C2CC(=O)N(CC(F)(F)F)C2)C(=O)O)c1C. The number of nitrogens with zero attached hydrogens (tertiary/aromatic N) is 1. The summed E-state index contributed by atoms with van der Waals surface area (Å²) < 4.78 is 37.4. The van der Waals surface area contributed by atoms with Crippen LogP contribution in [-0.4, -0.2) is 47.1 Å². The average molecular weight is 372 g/mol. The maximum atomic E-state index is 12.5. The number of hydrogen-bond donors (Lipinski definition) is 2. The average Bonchev–Trinajstić information content (AvgIpc) is 2.87. The lowest BCUT2D eigenvalue weighted by atomic mass is 9.96. The minimum atomic E-state index is -4.55. The molecular weight excluding hydrogens is 353 g/mol. The molecule has 26 heavy (non-hydrogen) atoms. The summed E-state index contributed by atoms with van der Waals surface area (Å²) in [5.74, 6) is -3.84. The van der Waals surface area contributed by atoms with Crippen molar-refractivity contribution in [2.24, 2.45) is 5.92 Å². The largest absolute Gasteiger partial charge is 0.479 e. The van der Waals surface area contributed by atoms with Gasteiger partial charge in [-0.1, -0.05) is 18.2 Å². The van der Waals surface area contributed by atoms with Gasteiger partial charge in [0.1, 0.15) is 6.54 Å². The van der Waals surface area contributed by atoms with Gasteiger partial charge in [0.2, 0.25) is 11.8 Å². The summed E-state index contributed by atoms with van der Waals surface area (Å²) in [4.78, 5) is 36.2. The smallest absolute Gasteiger partial charge is 0.406 e. The third-order valence-electron chi connectivity index (χ3n) is 4.45. The van der Waals surface area contributed by atoms with Gasteiger partial charge in [0.25, 0.3) is 0 Å². The first-order valence-electron chi connectivity index (χ1n) is 7.93. The van der Waals surface area contributed by atoms with Gasteiger partial charge in [0.05, 0.1) is 5.92 Å². The van der Waals surface area contributed by atoms with Crippen molar-refractivity contribution in [1.29, 1.82) is 0 Å². The fraction of sp³-hybridized carbons (Fsp3) is 0.471. The van der Waals surface area contributed by atoms with Crippen molar-refractivity contribution < 1.29 is 32.7 Å². The number of carboxylic acids is 1. The molecule has 1 fully saturated rings. The minimum absolute atomic E-state index is 0.374. The van der Waals surface area contributed by atoms with Crippen LogP contribution >= 0.6 is 0 Å². The van der Waals surface area contributed by atoms with Gasteiger partial charge in [-0.25, -0.2) is 4.79 Å². The predicted molar refractivity (Wildman–Crippen MR) is 85.2 cm³/mol. The molecule has 2 rings (SSSR count). The first-order valence-corrected chi connectivity index (χ1v) is 7.93. The Labute approximate surface area is 148 Å². The van der Waals surface area contributed by atoms with Gasteiger partial charge in [-0.2, -0.15) is 13.2 Å². The van der Waals surface area contributed by atoms with Gasteiger partial charge in [-0.15, -0.1) is 0 Å². The Morgan fingerprint density at radius 2 is 2.00 bits per heavy atom. The van der Waals surface area contributed by atoms with Crippen molar-refractivity contribution in [2.75, 3.05) is 13.1 Å². The summed E-state index contributed by atoms with van der Waals surface area (Å²) in [6.45, 7) is 1.71. The molecule has 1 aliphatic rings. The van der Waals surface area contributed by atoms with Crippen LogP contribution in [0.2, 0.25) is 0 Å². The zero-order valence-electron chi connectivity index (χ0n) is 14.3. The molecule has 2 unspecified atom stereocenters. The standard InChI is InChI=1S/C17H19F3N2O4/c1-9-4-3-5-12(10(9)2)14(16(25)26)21-15(24)11-6-13(23)22(7-11)8-17(18,19)20/h3-5,11,14H,6-8H2,1-2H3,(H,21,24)(H,25,26). The lowest BCUT2D eigenvalue weighted by Gasteiger charge is -2.21. The molecule has 1 aromatic carbocycles. The van der Waals surface area contributed by atoms with Crippen LogP contribution in [0.15, 0.2) is 18.2 Å². The van der Waals surface area contributed by atoms with Crippen LogP contribution in [0.5, 0.6) is 0 Å².